The molecule has 0 saturated heterocycles. The number of carbonyl (C=O) groups is 1. The smallest absolute Gasteiger partial charge is 0.252 e. The maximum Gasteiger partial charge on any atom is 0.252 e. The normalized spacial score (nSPS) is 20.7. The van der Waals surface area contributed by atoms with E-state index < -0.39 is 17.8 Å². The van der Waals surface area contributed by atoms with Gasteiger partial charge in [-0.05, 0) is 38.3 Å². The highest BCUT2D eigenvalue weighted by molar-refractivity contribution is 5.98. The zero-order chi connectivity index (χ0) is 22.8. The fraction of sp³-hybridized carbons (Fsp3) is 0.350. The van der Waals surface area contributed by atoms with Crippen molar-refractivity contribution in [3.63, 3.8) is 0 Å². The molecule has 1 amide bonds. The van der Waals surface area contributed by atoms with Gasteiger partial charge in [0.15, 0.2) is 11.6 Å². The number of primary amides is 1. The molecule has 11 nitrogen and oxygen atoms in total. The van der Waals surface area contributed by atoms with Crippen LogP contribution in [0.5, 0.6) is 0 Å². The molecule has 1 aliphatic rings. The van der Waals surface area contributed by atoms with Gasteiger partial charge in [-0.2, -0.15) is 10.2 Å². The summed E-state index contributed by atoms with van der Waals surface area (Å²) in [6.07, 6.45) is 5.68. The van der Waals surface area contributed by atoms with Gasteiger partial charge < -0.3 is 27.2 Å². The summed E-state index contributed by atoms with van der Waals surface area (Å²) in [6.45, 7) is 1.81. The Hall–Kier alpha value is -3.64. The van der Waals surface area contributed by atoms with Crippen LogP contribution in [0.2, 0.25) is 0 Å². The molecule has 1 saturated carbocycles. The second-order valence-electron chi connectivity index (χ2n) is 7.73. The van der Waals surface area contributed by atoms with Gasteiger partial charge in [0.05, 0.1) is 41.6 Å². The third-order valence-electron chi connectivity index (χ3n) is 5.39. The fourth-order valence-corrected chi connectivity index (χ4v) is 3.68. The number of aliphatic hydroxyl groups excluding tert-OH is 1. The average molecular weight is 441 g/mol. The fourth-order valence-electron chi connectivity index (χ4n) is 3.68. The van der Waals surface area contributed by atoms with Crippen LogP contribution in [0.4, 0.5) is 21.7 Å². The lowest BCUT2D eigenvalue weighted by Crippen LogP contribution is -2.46. The summed E-state index contributed by atoms with van der Waals surface area (Å²) in [5.74, 6) is -1.57. The van der Waals surface area contributed by atoms with Gasteiger partial charge in [0.2, 0.25) is 0 Å². The number of aromatic nitrogens is 5. The van der Waals surface area contributed by atoms with Crippen molar-refractivity contribution >= 4 is 23.2 Å². The zero-order valence-electron chi connectivity index (χ0n) is 17.4. The number of nitrogens with zero attached hydrogens (tertiary/aromatic N) is 5. The molecule has 0 bridgehead atoms. The number of hydrogen-bond acceptors (Lipinski definition) is 9. The molecule has 3 unspecified atom stereocenters. The van der Waals surface area contributed by atoms with E-state index in [0.717, 1.165) is 6.07 Å². The highest BCUT2D eigenvalue weighted by Gasteiger charge is 2.28. The van der Waals surface area contributed by atoms with E-state index in [2.05, 4.69) is 30.8 Å². The molecule has 0 aromatic carbocycles. The van der Waals surface area contributed by atoms with Crippen molar-refractivity contribution in [1.29, 1.82) is 0 Å². The van der Waals surface area contributed by atoms with Crippen molar-refractivity contribution < 1.29 is 14.3 Å². The quantitative estimate of drug-likeness (QED) is 0.374. The first-order valence-corrected chi connectivity index (χ1v) is 10.1. The Labute approximate surface area is 183 Å². The van der Waals surface area contributed by atoms with Crippen molar-refractivity contribution in [2.24, 2.45) is 11.5 Å². The van der Waals surface area contributed by atoms with Crippen molar-refractivity contribution in [1.82, 2.24) is 25.0 Å². The summed E-state index contributed by atoms with van der Waals surface area (Å²) < 4.78 is 14.7. The lowest BCUT2D eigenvalue weighted by molar-refractivity contribution is 0.1000. The maximum atomic E-state index is 14.7. The first-order chi connectivity index (χ1) is 15.3. The van der Waals surface area contributed by atoms with E-state index in [1.807, 2.05) is 0 Å². The lowest BCUT2D eigenvalue weighted by atomic mass is 9.89. The van der Waals surface area contributed by atoms with E-state index in [-0.39, 0.29) is 29.3 Å². The van der Waals surface area contributed by atoms with E-state index in [9.17, 15) is 14.3 Å². The summed E-state index contributed by atoms with van der Waals surface area (Å²) >= 11 is 0. The Kier molecular flexibility index (Phi) is 5.97. The van der Waals surface area contributed by atoms with Crippen LogP contribution in [0, 0.1) is 12.7 Å². The molecule has 3 heterocycles. The molecule has 0 aliphatic heterocycles. The average Bonchev–Trinajstić information content (AvgIpc) is 3.28. The number of pyridine rings is 2. The van der Waals surface area contributed by atoms with Crippen LogP contribution in [0.25, 0.3) is 5.69 Å². The monoisotopic (exact) mass is 441 g/mol. The van der Waals surface area contributed by atoms with Gasteiger partial charge in [-0.1, -0.05) is 0 Å². The lowest BCUT2D eigenvalue weighted by Gasteiger charge is -2.32. The Morgan fingerprint density at radius 2 is 2.00 bits per heavy atom. The molecule has 7 N–H and O–H groups in total. The highest BCUT2D eigenvalue weighted by atomic mass is 19.1. The topological polar surface area (TPSA) is 170 Å². The number of carbonyl (C=O) groups excluding carboxylic acids is 1. The van der Waals surface area contributed by atoms with Gasteiger partial charge >= 0.3 is 0 Å². The number of aryl methyl sites for hydroxylation is 1. The first kappa shape index (κ1) is 21.6. The van der Waals surface area contributed by atoms with E-state index in [1.165, 1.54) is 4.80 Å². The van der Waals surface area contributed by atoms with Crippen LogP contribution >= 0.6 is 0 Å². The summed E-state index contributed by atoms with van der Waals surface area (Å²) in [5, 5.41) is 24.0. The van der Waals surface area contributed by atoms with Crippen LogP contribution in [0.15, 0.2) is 30.7 Å². The standard InChI is InChI=1S/C20H24FN9O2/c1-10-17(30-25-4-5-26-30)6-11(9-24-10)27-19-13(18(23)32)8-14(21)20(29-19)28-16-3-2-12(31)7-15(16)22/h4-6,8-9,12,15-16,31H,2-3,7,22H2,1H3,(H2,23,32)(H2,27,28,29). The number of nitrogens with two attached hydrogens (primary N) is 2. The highest BCUT2D eigenvalue weighted by Crippen LogP contribution is 2.27. The number of amides is 1. The van der Waals surface area contributed by atoms with Gasteiger partial charge in [-0.25, -0.2) is 9.37 Å². The van der Waals surface area contributed by atoms with Crippen LogP contribution in [0.3, 0.4) is 0 Å². The Morgan fingerprint density at radius 1 is 1.25 bits per heavy atom. The molecule has 1 fully saturated rings. The second kappa shape index (κ2) is 8.85. The molecule has 1 aliphatic carbocycles. The number of anilines is 3. The minimum Gasteiger partial charge on any atom is -0.393 e. The molecule has 0 radical (unpaired) electrons. The molecule has 3 atom stereocenters. The van der Waals surface area contributed by atoms with E-state index in [4.69, 9.17) is 11.5 Å². The largest absolute Gasteiger partial charge is 0.393 e. The summed E-state index contributed by atoms with van der Waals surface area (Å²) in [7, 11) is 0. The number of aliphatic hydroxyl groups is 1. The van der Waals surface area contributed by atoms with Crippen LogP contribution in [-0.4, -0.2) is 54.2 Å². The van der Waals surface area contributed by atoms with E-state index in [1.54, 1.807) is 31.6 Å². The molecular formula is C20H24FN9O2. The summed E-state index contributed by atoms with van der Waals surface area (Å²) in [6, 6.07) is 2.12. The van der Waals surface area contributed by atoms with Crippen LogP contribution < -0.4 is 22.1 Å². The maximum absolute atomic E-state index is 14.7. The predicted molar refractivity (Wildman–Crippen MR) is 115 cm³/mol. The summed E-state index contributed by atoms with van der Waals surface area (Å²) in [4.78, 5) is 21.9. The molecule has 4 rings (SSSR count). The first-order valence-electron chi connectivity index (χ1n) is 10.1. The molecule has 3 aromatic rings. The summed E-state index contributed by atoms with van der Waals surface area (Å²) in [5.41, 5.74) is 13.2. The molecular weight excluding hydrogens is 417 g/mol. The molecule has 3 aromatic heterocycles. The van der Waals surface area contributed by atoms with Crippen LogP contribution in [-0.2, 0) is 0 Å². The SMILES string of the molecule is Cc1ncc(Nc2nc(NC3CCC(O)CC3N)c(F)cc2C(N)=O)cc1-n1nccn1. The van der Waals surface area contributed by atoms with E-state index in [0.29, 0.717) is 36.3 Å². The van der Waals surface area contributed by atoms with Crippen LogP contribution in [0.1, 0.15) is 35.3 Å². The van der Waals surface area contributed by atoms with Gasteiger partial charge in [0.25, 0.3) is 5.91 Å². The van der Waals surface area contributed by atoms with E-state index >= 15 is 0 Å². The van der Waals surface area contributed by atoms with Gasteiger partial charge in [0.1, 0.15) is 11.5 Å². The van der Waals surface area contributed by atoms with Gasteiger partial charge in [-0.15, -0.1) is 4.80 Å². The Bertz CT molecular complexity index is 1120. The number of hydrogen-bond donors (Lipinski definition) is 5. The van der Waals surface area contributed by atoms with Crippen molar-refractivity contribution in [3.05, 3.63) is 47.8 Å². The Balaban J connectivity index is 1.65. The molecule has 168 valence electrons. The molecule has 32 heavy (non-hydrogen) atoms. The third kappa shape index (κ3) is 4.50. The molecule has 12 heteroatoms. The Morgan fingerprint density at radius 3 is 2.69 bits per heavy atom. The molecule has 0 spiro atoms. The zero-order valence-corrected chi connectivity index (χ0v) is 17.4. The van der Waals surface area contributed by atoms with Crippen molar-refractivity contribution in [3.8, 4) is 5.69 Å². The third-order valence-corrected chi connectivity index (χ3v) is 5.39. The predicted octanol–water partition coefficient (Wildman–Crippen LogP) is 1.000. The number of nitrogens with one attached hydrogen (secondary N) is 2. The second-order valence-corrected chi connectivity index (χ2v) is 7.73. The number of rotatable bonds is 6. The van der Waals surface area contributed by atoms with Gasteiger partial charge in [-0.3, -0.25) is 9.78 Å². The minimum atomic E-state index is -0.836. The van der Waals surface area contributed by atoms with Crippen molar-refractivity contribution in [2.45, 2.75) is 44.4 Å². The minimum absolute atomic E-state index is 0.0656. The van der Waals surface area contributed by atoms with Crippen molar-refractivity contribution in [2.75, 3.05) is 10.6 Å². The number of halogens is 1. The van der Waals surface area contributed by atoms with Gasteiger partial charge in [0, 0.05) is 12.1 Å².